The number of amides is 1. The second-order valence-corrected chi connectivity index (χ2v) is 6.37. The molecule has 3 rings (SSSR count). The monoisotopic (exact) mass is 365 g/mol. The topological polar surface area (TPSA) is 59.0 Å². The van der Waals surface area contributed by atoms with Crippen molar-refractivity contribution < 1.29 is 19.4 Å². The smallest absolute Gasteiger partial charge is 0.254 e. The molecule has 1 amide bonds. The summed E-state index contributed by atoms with van der Waals surface area (Å²) in [5, 5.41) is 10.3. The number of carbonyl (C=O) groups is 1. The van der Waals surface area contributed by atoms with Gasteiger partial charge in [-0.05, 0) is 17.7 Å². The van der Waals surface area contributed by atoms with Crippen molar-refractivity contribution in [2.45, 2.75) is 31.2 Å². The molecular formula is C22H23NO4. The van der Waals surface area contributed by atoms with Crippen LogP contribution in [0.4, 0.5) is 0 Å². The average molecular weight is 365 g/mol. The van der Waals surface area contributed by atoms with Gasteiger partial charge in [0.15, 0.2) is 6.10 Å². The van der Waals surface area contributed by atoms with E-state index in [2.05, 4.69) is 11.8 Å². The molecule has 1 N–H and O–H groups in total. The molecule has 1 heterocycles. The highest BCUT2D eigenvalue weighted by Gasteiger charge is 2.50. The Hall–Kier alpha value is -2.65. The Labute approximate surface area is 159 Å². The third kappa shape index (κ3) is 4.75. The molecule has 0 spiro atoms. The van der Waals surface area contributed by atoms with E-state index in [0.717, 1.165) is 11.1 Å². The van der Waals surface area contributed by atoms with Gasteiger partial charge in [0, 0.05) is 25.6 Å². The second-order valence-electron chi connectivity index (χ2n) is 6.37. The fourth-order valence-corrected chi connectivity index (χ4v) is 3.13. The lowest BCUT2D eigenvalue weighted by atomic mass is 9.90. The molecule has 0 aliphatic carbocycles. The van der Waals surface area contributed by atoms with E-state index in [9.17, 15) is 9.90 Å². The molecule has 0 bridgehead atoms. The lowest BCUT2D eigenvalue weighted by Gasteiger charge is -2.47. The Morgan fingerprint density at radius 3 is 2.44 bits per heavy atom. The number of hydrogen-bond acceptors (Lipinski definition) is 4. The minimum Gasteiger partial charge on any atom is -0.381 e. The minimum atomic E-state index is -1.07. The highest BCUT2D eigenvalue weighted by molar-refractivity contribution is 5.88. The molecule has 5 nitrogen and oxygen atoms in total. The van der Waals surface area contributed by atoms with Gasteiger partial charge in [-0.3, -0.25) is 4.79 Å². The number of carbonyl (C=O) groups excluding carboxylic acids is 1. The third-order valence-corrected chi connectivity index (χ3v) is 4.51. The summed E-state index contributed by atoms with van der Waals surface area (Å²) in [6, 6.07) is 18.9. The van der Waals surface area contributed by atoms with Gasteiger partial charge in [0.2, 0.25) is 0 Å². The van der Waals surface area contributed by atoms with Crippen molar-refractivity contribution in [2.75, 3.05) is 13.9 Å². The number of β-lactam (4-membered cyclic amide) rings is 1. The van der Waals surface area contributed by atoms with E-state index in [1.54, 1.807) is 4.90 Å². The van der Waals surface area contributed by atoms with Crippen LogP contribution in [0.1, 0.15) is 17.5 Å². The van der Waals surface area contributed by atoms with Gasteiger partial charge in [0.25, 0.3) is 5.91 Å². The molecule has 0 aromatic heterocycles. The number of rotatable bonds is 7. The first kappa shape index (κ1) is 19.1. The maximum absolute atomic E-state index is 12.2. The first-order chi connectivity index (χ1) is 13.2. The van der Waals surface area contributed by atoms with Crippen molar-refractivity contribution in [1.29, 1.82) is 0 Å². The van der Waals surface area contributed by atoms with Gasteiger partial charge in [-0.15, -0.1) is 0 Å². The lowest BCUT2D eigenvalue weighted by molar-refractivity contribution is -0.189. The van der Waals surface area contributed by atoms with Crippen LogP contribution in [0.2, 0.25) is 0 Å². The van der Waals surface area contributed by atoms with Crippen molar-refractivity contribution in [1.82, 2.24) is 4.90 Å². The molecule has 1 aliphatic heterocycles. The van der Waals surface area contributed by atoms with Crippen LogP contribution in [-0.4, -0.2) is 48.1 Å². The van der Waals surface area contributed by atoms with Crippen molar-refractivity contribution in [3.63, 3.8) is 0 Å². The van der Waals surface area contributed by atoms with Crippen LogP contribution in [0.25, 0.3) is 0 Å². The van der Waals surface area contributed by atoms with Crippen LogP contribution in [0.15, 0.2) is 60.7 Å². The maximum atomic E-state index is 12.2. The molecule has 1 saturated heterocycles. The second kappa shape index (κ2) is 9.33. The first-order valence-electron chi connectivity index (χ1n) is 8.87. The van der Waals surface area contributed by atoms with Crippen LogP contribution in [0, 0.1) is 11.8 Å². The van der Waals surface area contributed by atoms with Crippen LogP contribution < -0.4 is 0 Å². The summed E-state index contributed by atoms with van der Waals surface area (Å²) in [5.41, 5.74) is 1.91. The molecule has 2 aromatic carbocycles. The van der Waals surface area contributed by atoms with Gasteiger partial charge in [-0.1, -0.05) is 60.4 Å². The number of aliphatic hydroxyl groups excluding tert-OH is 1. The summed E-state index contributed by atoms with van der Waals surface area (Å²) >= 11 is 0. The molecule has 2 aromatic rings. The number of hydrogen-bond donors (Lipinski definition) is 1. The average Bonchev–Trinajstić information content (AvgIpc) is 2.72. The summed E-state index contributed by atoms with van der Waals surface area (Å²) in [5.74, 6) is 5.90. The number of methoxy groups -OCH3 is 1. The zero-order valence-electron chi connectivity index (χ0n) is 15.2. The van der Waals surface area contributed by atoms with Gasteiger partial charge in [0.05, 0.1) is 12.1 Å². The minimum absolute atomic E-state index is 0.0776. The van der Waals surface area contributed by atoms with Crippen molar-refractivity contribution in [3.05, 3.63) is 71.8 Å². The summed E-state index contributed by atoms with van der Waals surface area (Å²) in [4.78, 5) is 13.8. The summed E-state index contributed by atoms with van der Waals surface area (Å²) in [7, 11) is 1.54. The van der Waals surface area contributed by atoms with E-state index in [0.29, 0.717) is 13.0 Å². The van der Waals surface area contributed by atoms with Gasteiger partial charge in [0.1, 0.15) is 6.79 Å². The van der Waals surface area contributed by atoms with Crippen molar-refractivity contribution in [3.8, 4) is 11.8 Å². The Kier molecular flexibility index (Phi) is 6.61. The third-order valence-electron chi connectivity index (χ3n) is 4.51. The quantitative estimate of drug-likeness (QED) is 0.464. The fourth-order valence-electron chi connectivity index (χ4n) is 3.13. The van der Waals surface area contributed by atoms with Gasteiger partial charge in [-0.2, -0.15) is 0 Å². The van der Waals surface area contributed by atoms with E-state index >= 15 is 0 Å². The van der Waals surface area contributed by atoms with E-state index in [4.69, 9.17) is 9.47 Å². The zero-order valence-corrected chi connectivity index (χ0v) is 15.2. The normalized spacial score (nSPS) is 19.8. The van der Waals surface area contributed by atoms with E-state index in [1.807, 2.05) is 60.7 Å². The van der Waals surface area contributed by atoms with Gasteiger partial charge < -0.3 is 19.5 Å². The molecule has 1 fully saturated rings. The van der Waals surface area contributed by atoms with Crippen LogP contribution in [0.5, 0.6) is 0 Å². The van der Waals surface area contributed by atoms with Crippen LogP contribution in [0.3, 0.4) is 0 Å². The molecular weight excluding hydrogens is 342 g/mol. The van der Waals surface area contributed by atoms with Crippen molar-refractivity contribution >= 4 is 5.91 Å². The molecule has 0 unspecified atom stereocenters. The van der Waals surface area contributed by atoms with E-state index < -0.39 is 18.2 Å². The molecule has 0 saturated carbocycles. The Balaban J connectivity index is 1.72. The lowest BCUT2D eigenvalue weighted by Crippen LogP contribution is -2.68. The van der Waals surface area contributed by atoms with Gasteiger partial charge in [-0.25, -0.2) is 0 Å². The van der Waals surface area contributed by atoms with Crippen molar-refractivity contribution in [2.24, 2.45) is 0 Å². The number of benzene rings is 2. The van der Waals surface area contributed by atoms with Crippen LogP contribution >= 0.6 is 0 Å². The molecule has 3 atom stereocenters. The van der Waals surface area contributed by atoms with Gasteiger partial charge >= 0.3 is 0 Å². The van der Waals surface area contributed by atoms with Crippen LogP contribution in [-0.2, 0) is 20.8 Å². The molecule has 5 heteroatoms. The van der Waals surface area contributed by atoms with E-state index in [-0.39, 0.29) is 12.7 Å². The maximum Gasteiger partial charge on any atom is 0.254 e. The molecule has 27 heavy (non-hydrogen) atoms. The van der Waals surface area contributed by atoms with E-state index in [1.165, 1.54) is 7.11 Å². The standard InChI is InChI=1S/C22H23NO4/c1-26-16-27-19(14-8-13-17-9-4-2-5-10-17)20-21(24)22(25)23(20)15-18-11-6-3-7-12-18/h2-7,9-12,19-21,24H,14-16H2,1H3/t19-,20+,21-/m1/s1. The number of ether oxygens (including phenoxy) is 2. The molecule has 0 radical (unpaired) electrons. The predicted octanol–water partition coefficient (Wildman–Crippen LogP) is 2.19. The molecule has 140 valence electrons. The summed E-state index contributed by atoms with van der Waals surface area (Å²) in [6.07, 6.45) is -1.12. The number of nitrogens with zero attached hydrogens (tertiary/aromatic N) is 1. The Morgan fingerprint density at radius 1 is 1.11 bits per heavy atom. The Bertz CT molecular complexity index is 797. The number of likely N-dealkylation sites (tertiary alicyclic amines) is 1. The predicted molar refractivity (Wildman–Crippen MR) is 101 cm³/mol. The molecule has 1 aliphatic rings. The largest absolute Gasteiger partial charge is 0.381 e. The zero-order chi connectivity index (χ0) is 19.1. The number of aliphatic hydroxyl groups is 1. The summed E-state index contributed by atoms with van der Waals surface area (Å²) in [6.45, 7) is 0.509. The SMILES string of the molecule is COCO[C@H](CC#Cc1ccccc1)[C@H]1[C@@H](O)C(=O)N1Cc1ccccc1. The first-order valence-corrected chi connectivity index (χ1v) is 8.87. The Morgan fingerprint density at radius 2 is 1.78 bits per heavy atom. The fraction of sp³-hybridized carbons (Fsp3) is 0.318. The highest BCUT2D eigenvalue weighted by atomic mass is 16.7. The summed E-state index contributed by atoms with van der Waals surface area (Å²) < 4.78 is 10.8. The highest BCUT2D eigenvalue weighted by Crippen LogP contribution is 2.28.